The van der Waals surface area contributed by atoms with Crippen LogP contribution in [0.25, 0.3) is 0 Å². The van der Waals surface area contributed by atoms with E-state index < -0.39 is 5.60 Å². The molecule has 4 nitrogen and oxygen atoms in total. The number of esters is 1. The van der Waals surface area contributed by atoms with Crippen LogP contribution in [0.4, 0.5) is 0 Å². The molecular formula is C17H24ClNO3. The van der Waals surface area contributed by atoms with Gasteiger partial charge in [0.05, 0.1) is 0 Å². The second kappa shape index (κ2) is 7.34. The van der Waals surface area contributed by atoms with Crippen LogP contribution < -0.4 is 10.1 Å². The van der Waals surface area contributed by atoms with Crippen molar-refractivity contribution >= 4 is 17.6 Å². The minimum absolute atomic E-state index is 0.0864. The summed E-state index contributed by atoms with van der Waals surface area (Å²) in [5, 5.41) is 3.97. The number of ether oxygens (including phenoxy) is 2. The minimum Gasteiger partial charge on any atom is -0.482 e. The van der Waals surface area contributed by atoms with Crippen molar-refractivity contribution in [3.8, 4) is 5.75 Å². The van der Waals surface area contributed by atoms with Gasteiger partial charge in [-0.3, -0.25) is 0 Å². The van der Waals surface area contributed by atoms with Gasteiger partial charge in [-0.1, -0.05) is 11.6 Å². The molecule has 1 heterocycles. The van der Waals surface area contributed by atoms with Gasteiger partial charge in [0.15, 0.2) is 6.61 Å². The van der Waals surface area contributed by atoms with Gasteiger partial charge in [0.2, 0.25) is 0 Å². The van der Waals surface area contributed by atoms with Crippen LogP contribution in [-0.2, 0) is 9.53 Å². The standard InChI is InChI=1S/C17H24ClNO3/c1-12-10-14(18)4-5-15(12)21-11-16(20)22-17(2,3)13-6-8-19-9-7-13/h4-5,10,13,19H,6-9,11H2,1-3H3. The lowest BCUT2D eigenvalue weighted by molar-refractivity contribution is -0.165. The molecule has 0 amide bonds. The fraction of sp³-hybridized carbons (Fsp3) is 0.588. The smallest absolute Gasteiger partial charge is 0.344 e. The summed E-state index contributed by atoms with van der Waals surface area (Å²) in [6.45, 7) is 7.73. The van der Waals surface area contributed by atoms with Gasteiger partial charge in [-0.25, -0.2) is 4.79 Å². The van der Waals surface area contributed by atoms with E-state index in [2.05, 4.69) is 5.32 Å². The number of benzene rings is 1. The van der Waals surface area contributed by atoms with Crippen molar-refractivity contribution in [2.75, 3.05) is 19.7 Å². The maximum Gasteiger partial charge on any atom is 0.344 e. The number of hydrogen-bond donors (Lipinski definition) is 1. The molecule has 0 aromatic heterocycles. The van der Waals surface area contributed by atoms with E-state index in [4.69, 9.17) is 21.1 Å². The van der Waals surface area contributed by atoms with Crippen LogP contribution in [-0.4, -0.2) is 31.3 Å². The Bertz CT molecular complexity index is 525. The van der Waals surface area contributed by atoms with E-state index in [1.807, 2.05) is 20.8 Å². The van der Waals surface area contributed by atoms with Gasteiger partial charge in [-0.2, -0.15) is 0 Å². The minimum atomic E-state index is -0.461. The molecule has 1 fully saturated rings. The number of nitrogens with one attached hydrogen (secondary N) is 1. The highest BCUT2D eigenvalue weighted by Gasteiger charge is 2.34. The Hall–Kier alpha value is -1.26. The Balaban J connectivity index is 1.86. The van der Waals surface area contributed by atoms with Crippen LogP contribution in [0.15, 0.2) is 18.2 Å². The van der Waals surface area contributed by atoms with Crippen LogP contribution in [0.5, 0.6) is 5.75 Å². The van der Waals surface area contributed by atoms with E-state index in [1.54, 1.807) is 18.2 Å². The number of aryl methyl sites for hydroxylation is 1. The first-order valence-electron chi connectivity index (χ1n) is 7.70. The van der Waals surface area contributed by atoms with Crippen molar-refractivity contribution in [1.82, 2.24) is 5.32 Å². The molecule has 0 aliphatic carbocycles. The summed E-state index contributed by atoms with van der Waals surface area (Å²) in [5.41, 5.74) is 0.440. The van der Waals surface area contributed by atoms with Crippen LogP contribution >= 0.6 is 11.6 Å². The number of hydrogen-bond acceptors (Lipinski definition) is 4. The summed E-state index contributed by atoms with van der Waals surface area (Å²) >= 11 is 5.90. The highest BCUT2D eigenvalue weighted by molar-refractivity contribution is 6.30. The quantitative estimate of drug-likeness (QED) is 0.843. The number of carbonyl (C=O) groups is 1. The molecule has 0 spiro atoms. The lowest BCUT2D eigenvalue weighted by atomic mass is 9.83. The molecule has 1 N–H and O–H groups in total. The third-order valence-electron chi connectivity index (χ3n) is 4.18. The Labute approximate surface area is 137 Å². The van der Waals surface area contributed by atoms with E-state index in [-0.39, 0.29) is 12.6 Å². The van der Waals surface area contributed by atoms with E-state index in [0.717, 1.165) is 31.5 Å². The Morgan fingerprint density at radius 1 is 1.36 bits per heavy atom. The SMILES string of the molecule is Cc1cc(Cl)ccc1OCC(=O)OC(C)(C)C1CCNCC1. The molecule has 2 rings (SSSR count). The molecule has 1 aliphatic heterocycles. The molecule has 1 aromatic rings. The Morgan fingerprint density at radius 2 is 2.05 bits per heavy atom. The predicted molar refractivity (Wildman–Crippen MR) is 87.4 cm³/mol. The third-order valence-corrected chi connectivity index (χ3v) is 4.42. The van der Waals surface area contributed by atoms with Crippen molar-refractivity contribution in [2.45, 2.75) is 39.2 Å². The lowest BCUT2D eigenvalue weighted by Crippen LogP contribution is -2.43. The lowest BCUT2D eigenvalue weighted by Gasteiger charge is -2.36. The zero-order valence-corrected chi connectivity index (χ0v) is 14.2. The molecule has 0 radical (unpaired) electrons. The Kier molecular flexibility index (Phi) is 5.70. The number of halogens is 1. The van der Waals surface area contributed by atoms with Gasteiger partial charge in [0.1, 0.15) is 11.4 Å². The molecule has 0 bridgehead atoms. The van der Waals surface area contributed by atoms with Gasteiger partial charge >= 0.3 is 5.97 Å². The first-order valence-corrected chi connectivity index (χ1v) is 8.08. The van der Waals surface area contributed by atoms with Crippen molar-refractivity contribution in [3.63, 3.8) is 0 Å². The van der Waals surface area contributed by atoms with E-state index >= 15 is 0 Å². The van der Waals surface area contributed by atoms with Gasteiger partial charge in [0, 0.05) is 10.9 Å². The van der Waals surface area contributed by atoms with Gasteiger partial charge in [-0.05, 0) is 70.5 Å². The highest BCUT2D eigenvalue weighted by Crippen LogP contribution is 2.29. The molecule has 1 aliphatic rings. The first kappa shape index (κ1) is 17.1. The van der Waals surface area contributed by atoms with Gasteiger partial charge in [0.25, 0.3) is 0 Å². The third kappa shape index (κ3) is 4.62. The monoisotopic (exact) mass is 325 g/mol. The molecule has 1 aromatic carbocycles. The van der Waals surface area contributed by atoms with Crippen LogP contribution in [0.3, 0.4) is 0 Å². The summed E-state index contributed by atoms with van der Waals surface area (Å²) in [6.07, 6.45) is 2.05. The van der Waals surface area contributed by atoms with Crippen molar-refractivity contribution in [2.24, 2.45) is 5.92 Å². The summed E-state index contributed by atoms with van der Waals surface area (Å²) in [4.78, 5) is 12.1. The average molecular weight is 326 g/mol. The number of rotatable bonds is 5. The van der Waals surface area contributed by atoms with E-state index in [1.165, 1.54) is 0 Å². The highest BCUT2D eigenvalue weighted by atomic mass is 35.5. The summed E-state index contributed by atoms with van der Waals surface area (Å²) in [6, 6.07) is 5.32. The topological polar surface area (TPSA) is 47.6 Å². The van der Waals surface area contributed by atoms with Gasteiger partial charge in [-0.15, -0.1) is 0 Å². The van der Waals surface area contributed by atoms with Crippen LogP contribution in [0.2, 0.25) is 5.02 Å². The number of carbonyl (C=O) groups excluding carboxylic acids is 1. The molecule has 0 atom stereocenters. The normalized spacial score (nSPS) is 16.4. The zero-order chi connectivity index (χ0) is 16.2. The summed E-state index contributed by atoms with van der Waals surface area (Å²) in [5.74, 6) is 0.703. The molecule has 122 valence electrons. The fourth-order valence-electron chi connectivity index (χ4n) is 2.83. The first-order chi connectivity index (χ1) is 10.4. The number of piperidine rings is 1. The van der Waals surface area contributed by atoms with E-state index in [0.29, 0.717) is 16.7 Å². The largest absolute Gasteiger partial charge is 0.482 e. The molecular weight excluding hydrogens is 302 g/mol. The van der Waals surface area contributed by atoms with Crippen LogP contribution in [0.1, 0.15) is 32.3 Å². The molecule has 22 heavy (non-hydrogen) atoms. The Morgan fingerprint density at radius 3 is 2.68 bits per heavy atom. The van der Waals surface area contributed by atoms with Crippen LogP contribution in [0, 0.1) is 12.8 Å². The molecule has 1 saturated heterocycles. The van der Waals surface area contributed by atoms with Gasteiger partial charge < -0.3 is 14.8 Å². The maximum atomic E-state index is 12.1. The van der Waals surface area contributed by atoms with Crippen molar-refractivity contribution in [1.29, 1.82) is 0 Å². The second-order valence-corrected chi connectivity index (χ2v) is 6.74. The second-order valence-electron chi connectivity index (χ2n) is 6.30. The predicted octanol–water partition coefficient (Wildman–Crippen LogP) is 3.35. The summed E-state index contributed by atoms with van der Waals surface area (Å²) in [7, 11) is 0. The van der Waals surface area contributed by atoms with Crippen molar-refractivity contribution < 1.29 is 14.3 Å². The van der Waals surface area contributed by atoms with E-state index in [9.17, 15) is 4.79 Å². The zero-order valence-electron chi connectivity index (χ0n) is 13.4. The molecule has 0 unspecified atom stereocenters. The average Bonchev–Trinajstić information content (AvgIpc) is 2.47. The van der Waals surface area contributed by atoms with Crippen molar-refractivity contribution in [3.05, 3.63) is 28.8 Å². The summed E-state index contributed by atoms with van der Waals surface area (Å²) < 4.78 is 11.2. The molecule has 0 saturated carbocycles. The fourth-order valence-corrected chi connectivity index (χ4v) is 3.06. The maximum absolute atomic E-state index is 12.1. The molecule has 5 heteroatoms.